The molecule has 3 aromatic rings. The van der Waals surface area contributed by atoms with Crippen LogP contribution in [0.3, 0.4) is 0 Å². The summed E-state index contributed by atoms with van der Waals surface area (Å²) in [5.41, 5.74) is 1.06. The van der Waals surface area contributed by atoms with Gasteiger partial charge < -0.3 is 5.11 Å². The van der Waals surface area contributed by atoms with E-state index in [1.807, 2.05) is 37.3 Å². The van der Waals surface area contributed by atoms with Crippen LogP contribution in [0.2, 0.25) is 0 Å². The van der Waals surface area contributed by atoms with Gasteiger partial charge in [-0.25, -0.2) is 14.4 Å². The molecular weight excluding hydrogens is 389 g/mol. The highest BCUT2D eigenvalue weighted by Crippen LogP contribution is 2.25. The number of para-hydroxylation sites is 1. The molecule has 0 spiro atoms. The molecule has 1 aromatic heterocycles. The minimum atomic E-state index is -0.430. The van der Waals surface area contributed by atoms with Crippen LogP contribution in [0.5, 0.6) is 5.88 Å². The third-order valence-electron chi connectivity index (χ3n) is 4.39. The summed E-state index contributed by atoms with van der Waals surface area (Å²) in [6, 6.07) is 13.6. The Balaban J connectivity index is 1.85. The zero-order chi connectivity index (χ0) is 20.4. The Bertz CT molecular complexity index is 1300. The topological polar surface area (TPSA) is 66.9 Å². The Morgan fingerprint density at radius 2 is 2.03 bits per heavy atom. The molecule has 2 heterocycles. The molecule has 1 amide bonds. The molecule has 0 fully saturated rings. The molecule has 0 atom stereocenters. The third kappa shape index (κ3) is 3.95. The van der Waals surface area contributed by atoms with E-state index in [4.69, 9.17) is 0 Å². The third-order valence-corrected chi connectivity index (χ3v) is 5.41. The van der Waals surface area contributed by atoms with Crippen LogP contribution in [-0.4, -0.2) is 15.6 Å². The standard InChI is InChI=1S/C22H18FN3O2S/c1-2-10-26-21(28)19(29-22(26)24-17-6-4-3-5-7-17)13-15-11-14-12-16(23)8-9-18(14)25-20(15)27/h3-9,11-13,28H,2,10H2,1H3/b15-13-,24-22?. The molecule has 0 radical (unpaired) electrons. The van der Waals surface area contributed by atoms with Crippen molar-refractivity contribution in [1.82, 2.24) is 4.57 Å². The number of aromatic nitrogens is 1. The van der Waals surface area contributed by atoms with Crippen molar-refractivity contribution in [2.75, 3.05) is 0 Å². The van der Waals surface area contributed by atoms with E-state index in [1.54, 1.807) is 16.7 Å². The zero-order valence-corrected chi connectivity index (χ0v) is 16.5. The SMILES string of the molecule is CCCn1c(O)c(/C=C2/C=c3cc(F)ccc3=NC2=O)sc1=Nc1ccccc1. The highest BCUT2D eigenvalue weighted by atomic mass is 32.1. The maximum atomic E-state index is 13.5. The molecule has 5 nitrogen and oxygen atoms in total. The molecule has 0 unspecified atom stereocenters. The molecule has 1 aliphatic heterocycles. The molecular formula is C22H18FN3O2S. The average molecular weight is 407 g/mol. The first-order valence-corrected chi connectivity index (χ1v) is 10.0. The van der Waals surface area contributed by atoms with Crippen molar-refractivity contribution >= 4 is 35.1 Å². The fraction of sp³-hybridized carbons (Fsp3) is 0.136. The van der Waals surface area contributed by atoms with E-state index in [1.165, 1.54) is 29.5 Å². The van der Waals surface area contributed by atoms with Gasteiger partial charge in [0.05, 0.1) is 15.9 Å². The summed E-state index contributed by atoms with van der Waals surface area (Å²) < 4.78 is 15.3. The summed E-state index contributed by atoms with van der Waals surface area (Å²) in [6.45, 7) is 2.60. The monoisotopic (exact) mass is 407 g/mol. The van der Waals surface area contributed by atoms with Crippen LogP contribution >= 0.6 is 11.3 Å². The number of benzene rings is 2. The van der Waals surface area contributed by atoms with Crippen molar-refractivity contribution in [3.63, 3.8) is 0 Å². The van der Waals surface area contributed by atoms with Gasteiger partial charge in [0.2, 0.25) is 5.88 Å². The molecule has 1 N–H and O–H groups in total. The van der Waals surface area contributed by atoms with E-state index < -0.39 is 11.7 Å². The number of aromatic hydroxyl groups is 1. The smallest absolute Gasteiger partial charge is 0.277 e. The number of thiazole rings is 1. The quantitative estimate of drug-likeness (QED) is 0.676. The maximum absolute atomic E-state index is 13.5. The summed E-state index contributed by atoms with van der Waals surface area (Å²) in [4.78, 5) is 22.2. The number of carbonyl (C=O) groups excluding carboxylic acids is 1. The second-order valence-electron chi connectivity index (χ2n) is 6.54. The second kappa shape index (κ2) is 7.97. The summed E-state index contributed by atoms with van der Waals surface area (Å²) in [7, 11) is 0. The molecule has 0 saturated heterocycles. The number of hydrogen-bond donors (Lipinski definition) is 1. The minimum absolute atomic E-state index is 0.0465. The van der Waals surface area contributed by atoms with E-state index in [0.717, 1.165) is 12.1 Å². The first-order valence-electron chi connectivity index (χ1n) is 9.19. The Hall–Kier alpha value is -3.32. The highest BCUT2D eigenvalue weighted by Gasteiger charge is 2.15. The van der Waals surface area contributed by atoms with Gasteiger partial charge >= 0.3 is 0 Å². The second-order valence-corrected chi connectivity index (χ2v) is 7.54. The lowest BCUT2D eigenvalue weighted by atomic mass is 10.1. The van der Waals surface area contributed by atoms with Crippen molar-refractivity contribution in [1.29, 1.82) is 0 Å². The van der Waals surface area contributed by atoms with E-state index in [-0.39, 0.29) is 11.5 Å². The molecule has 0 aliphatic carbocycles. The van der Waals surface area contributed by atoms with Gasteiger partial charge in [-0.1, -0.05) is 36.5 Å². The van der Waals surface area contributed by atoms with E-state index >= 15 is 0 Å². The molecule has 7 heteroatoms. The lowest BCUT2D eigenvalue weighted by molar-refractivity contribution is -0.114. The number of nitrogens with zero attached hydrogens (tertiary/aromatic N) is 3. The van der Waals surface area contributed by atoms with Crippen LogP contribution in [0.25, 0.3) is 12.2 Å². The van der Waals surface area contributed by atoms with Crippen LogP contribution in [0.1, 0.15) is 18.2 Å². The number of rotatable bonds is 4. The van der Waals surface area contributed by atoms with Crippen LogP contribution in [0, 0.1) is 5.82 Å². The molecule has 4 rings (SSSR count). The zero-order valence-electron chi connectivity index (χ0n) is 15.7. The normalized spacial score (nSPS) is 15.2. The van der Waals surface area contributed by atoms with E-state index in [9.17, 15) is 14.3 Å². The van der Waals surface area contributed by atoms with Crippen LogP contribution in [0.15, 0.2) is 64.1 Å². The maximum Gasteiger partial charge on any atom is 0.277 e. The van der Waals surface area contributed by atoms with Gasteiger partial charge in [-0.2, -0.15) is 0 Å². The number of amides is 1. The summed E-state index contributed by atoms with van der Waals surface area (Å²) in [5, 5.41) is 11.7. The van der Waals surface area contributed by atoms with Gasteiger partial charge in [0.15, 0.2) is 4.80 Å². The van der Waals surface area contributed by atoms with Gasteiger partial charge in [-0.3, -0.25) is 9.36 Å². The van der Waals surface area contributed by atoms with Crippen molar-refractivity contribution in [2.45, 2.75) is 19.9 Å². The molecule has 29 heavy (non-hydrogen) atoms. The predicted octanol–water partition coefficient (Wildman–Crippen LogP) is 3.06. The summed E-state index contributed by atoms with van der Waals surface area (Å²) in [6.07, 6.45) is 3.98. The van der Waals surface area contributed by atoms with Gasteiger partial charge in [-0.15, -0.1) is 0 Å². The Labute approximate surface area is 170 Å². The van der Waals surface area contributed by atoms with E-state index in [0.29, 0.717) is 26.8 Å². The summed E-state index contributed by atoms with van der Waals surface area (Å²) >= 11 is 1.28. The highest BCUT2D eigenvalue weighted by molar-refractivity contribution is 7.10. The first kappa shape index (κ1) is 19.0. The van der Waals surface area contributed by atoms with Crippen LogP contribution in [0.4, 0.5) is 10.1 Å². The number of fused-ring (bicyclic) bond motifs is 1. The fourth-order valence-electron chi connectivity index (χ4n) is 3.03. The van der Waals surface area contributed by atoms with Crippen LogP contribution < -0.4 is 15.4 Å². The van der Waals surface area contributed by atoms with Gasteiger partial charge in [0.25, 0.3) is 5.91 Å². The number of hydrogen-bond acceptors (Lipinski definition) is 4. The van der Waals surface area contributed by atoms with Crippen molar-refractivity contribution in [3.8, 4) is 5.88 Å². The molecule has 1 aliphatic rings. The van der Waals surface area contributed by atoms with Gasteiger partial charge in [-0.05, 0) is 48.9 Å². The molecule has 2 aromatic carbocycles. The minimum Gasteiger partial charge on any atom is -0.493 e. The molecule has 0 bridgehead atoms. The number of halogens is 1. The first-order chi connectivity index (χ1) is 14.0. The average Bonchev–Trinajstić information content (AvgIpc) is 2.99. The van der Waals surface area contributed by atoms with Crippen molar-refractivity contribution in [3.05, 3.63) is 80.2 Å². The molecule has 146 valence electrons. The van der Waals surface area contributed by atoms with Crippen LogP contribution in [-0.2, 0) is 11.3 Å². The van der Waals surface area contributed by atoms with Crippen molar-refractivity contribution < 1.29 is 14.3 Å². The van der Waals surface area contributed by atoms with Crippen molar-refractivity contribution in [2.24, 2.45) is 9.98 Å². The lowest BCUT2D eigenvalue weighted by Crippen LogP contribution is -2.30. The molecule has 0 saturated carbocycles. The predicted molar refractivity (Wildman–Crippen MR) is 111 cm³/mol. The Morgan fingerprint density at radius 1 is 1.24 bits per heavy atom. The Kier molecular flexibility index (Phi) is 5.22. The van der Waals surface area contributed by atoms with Gasteiger partial charge in [0.1, 0.15) is 5.82 Å². The lowest BCUT2D eigenvalue weighted by Gasteiger charge is -2.04. The van der Waals surface area contributed by atoms with E-state index in [2.05, 4.69) is 9.98 Å². The largest absolute Gasteiger partial charge is 0.493 e. The summed E-state index contributed by atoms with van der Waals surface area (Å²) in [5.74, 6) is -0.779. The number of carbonyl (C=O) groups is 1. The van der Waals surface area contributed by atoms with Gasteiger partial charge in [0, 0.05) is 17.3 Å². The Morgan fingerprint density at radius 3 is 2.79 bits per heavy atom. The fourth-order valence-corrected chi connectivity index (χ4v) is 4.05.